The van der Waals surface area contributed by atoms with Crippen LogP contribution in [0.2, 0.25) is 0 Å². The van der Waals surface area contributed by atoms with Gasteiger partial charge in [-0.05, 0) is 62.1 Å². The highest BCUT2D eigenvalue weighted by atomic mass is 16.2. The monoisotopic (exact) mass is 600 g/mol. The van der Waals surface area contributed by atoms with E-state index in [0.717, 1.165) is 11.3 Å². The molecule has 0 unspecified atom stereocenters. The van der Waals surface area contributed by atoms with E-state index in [0.29, 0.717) is 43.6 Å². The number of nitrogens with one attached hydrogen (secondary N) is 5. The summed E-state index contributed by atoms with van der Waals surface area (Å²) in [6.07, 6.45) is 2.84. The van der Waals surface area contributed by atoms with E-state index >= 15 is 0 Å². The second kappa shape index (κ2) is 17.5. The van der Waals surface area contributed by atoms with Crippen molar-refractivity contribution in [1.82, 2.24) is 31.6 Å². The van der Waals surface area contributed by atoms with E-state index in [4.69, 9.17) is 0 Å². The average molecular weight is 601 g/mol. The van der Waals surface area contributed by atoms with Gasteiger partial charge >= 0.3 is 0 Å². The first-order valence-corrected chi connectivity index (χ1v) is 15.1. The summed E-state index contributed by atoms with van der Waals surface area (Å²) in [5.41, 5.74) is 2.64. The molecule has 0 spiro atoms. The van der Waals surface area contributed by atoms with Crippen molar-refractivity contribution in [2.75, 3.05) is 19.6 Å². The lowest BCUT2D eigenvalue weighted by atomic mass is 10.0. The number of hydrogen-bond acceptors (Lipinski definition) is 6. The largest absolute Gasteiger partial charge is 0.355 e. The molecule has 0 aliphatic heterocycles. The molecule has 0 saturated heterocycles. The first kappa shape index (κ1) is 33.9. The van der Waals surface area contributed by atoms with Crippen LogP contribution in [0.15, 0.2) is 79.0 Å². The van der Waals surface area contributed by atoms with Crippen LogP contribution in [0, 0.1) is 5.92 Å². The minimum Gasteiger partial charge on any atom is -0.355 e. The van der Waals surface area contributed by atoms with Gasteiger partial charge in [0, 0.05) is 55.1 Å². The average Bonchev–Trinajstić information content (AvgIpc) is 3.03. The molecule has 0 bridgehead atoms. The number of benzene rings is 2. The van der Waals surface area contributed by atoms with Gasteiger partial charge in [-0.3, -0.25) is 24.2 Å². The number of pyridine rings is 1. The zero-order valence-electron chi connectivity index (χ0n) is 25.9. The van der Waals surface area contributed by atoms with E-state index < -0.39 is 12.1 Å². The third-order valence-corrected chi connectivity index (χ3v) is 7.10. The van der Waals surface area contributed by atoms with E-state index in [9.17, 15) is 19.2 Å². The molecular weight excluding hydrogens is 556 g/mol. The Bertz CT molecular complexity index is 1370. The highest BCUT2D eigenvalue weighted by Crippen LogP contribution is 2.09. The maximum Gasteiger partial charge on any atom is 0.251 e. The molecule has 0 saturated carbocycles. The van der Waals surface area contributed by atoms with Crippen LogP contribution in [-0.2, 0) is 22.4 Å². The highest BCUT2D eigenvalue weighted by Gasteiger charge is 2.26. The normalized spacial score (nSPS) is 12.9. The summed E-state index contributed by atoms with van der Waals surface area (Å²) in [5.74, 6) is -1.21. The Morgan fingerprint density at radius 1 is 0.773 bits per heavy atom. The van der Waals surface area contributed by atoms with Gasteiger partial charge in [0.05, 0.1) is 6.04 Å². The number of aromatic nitrogens is 1. The quantitative estimate of drug-likeness (QED) is 0.171. The number of rotatable bonds is 16. The molecule has 1 aromatic heterocycles. The summed E-state index contributed by atoms with van der Waals surface area (Å²) in [5, 5.41) is 14.8. The Hall–Kier alpha value is -4.57. The fourth-order valence-electron chi connectivity index (χ4n) is 4.60. The fourth-order valence-corrected chi connectivity index (χ4v) is 4.60. The van der Waals surface area contributed by atoms with Crippen molar-refractivity contribution in [1.29, 1.82) is 0 Å². The minimum absolute atomic E-state index is 0.0819. The Morgan fingerprint density at radius 3 is 2.14 bits per heavy atom. The van der Waals surface area contributed by atoms with E-state index in [1.807, 2.05) is 69.3 Å². The molecule has 4 amide bonds. The molecule has 0 aliphatic carbocycles. The van der Waals surface area contributed by atoms with Gasteiger partial charge in [-0.1, -0.05) is 56.3 Å². The summed E-state index contributed by atoms with van der Waals surface area (Å²) in [7, 11) is 0. The predicted molar refractivity (Wildman–Crippen MR) is 171 cm³/mol. The van der Waals surface area contributed by atoms with E-state index in [1.165, 1.54) is 0 Å². The topological polar surface area (TPSA) is 141 Å². The Balaban J connectivity index is 1.63. The smallest absolute Gasteiger partial charge is 0.251 e. The van der Waals surface area contributed by atoms with Crippen LogP contribution in [0.3, 0.4) is 0 Å². The highest BCUT2D eigenvalue weighted by molar-refractivity contribution is 5.99. The number of nitrogens with zero attached hydrogens (tertiary/aromatic N) is 1. The molecule has 3 rings (SSSR count). The van der Waals surface area contributed by atoms with E-state index in [-0.39, 0.29) is 35.6 Å². The van der Waals surface area contributed by atoms with Crippen molar-refractivity contribution in [3.05, 3.63) is 101 Å². The zero-order chi connectivity index (χ0) is 31.9. The van der Waals surface area contributed by atoms with Crippen LogP contribution in [0.5, 0.6) is 0 Å². The second-order valence-electron chi connectivity index (χ2n) is 11.0. The lowest BCUT2D eigenvalue weighted by Gasteiger charge is -2.25. The first-order valence-electron chi connectivity index (χ1n) is 15.1. The van der Waals surface area contributed by atoms with Crippen LogP contribution >= 0.6 is 0 Å². The third kappa shape index (κ3) is 10.9. The van der Waals surface area contributed by atoms with Gasteiger partial charge < -0.3 is 26.6 Å². The van der Waals surface area contributed by atoms with Gasteiger partial charge in [0.2, 0.25) is 11.8 Å². The van der Waals surface area contributed by atoms with Gasteiger partial charge in [0.25, 0.3) is 11.8 Å². The van der Waals surface area contributed by atoms with Crippen LogP contribution in [0.25, 0.3) is 0 Å². The molecule has 0 aliphatic rings. The van der Waals surface area contributed by atoms with Crippen molar-refractivity contribution < 1.29 is 19.2 Å². The van der Waals surface area contributed by atoms with Crippen molar-refractivity contribution in [2.24, 2.45) is 5.92 Å². The van der Waals surface area contributed by atoms with E-state index in [2.05, 4.69) is 31.6 Å². The van der Waals surface area contributed by atoms with Crippen LogP contribution in [0.1, 0.15) is 59.7 Å². The van der Waals surface area contributed by atoms with E-state index in [1.54, 1.807) is 37.4 Å². The minimum atomic E-state index is -0.647. The summed E-state index contributed by atoms with van der Waals surface area (Å²) in [4.78, 5) is 55.8. The molecular formula is C34H44N6O4. The van der Waals surface area contributed by atoms with Crippen LogP contribution in [0.4, 0.5) is 0 Å². The molecule has 0 radical (unpaired) electrons. The summed E-state index contributed by atoms with van der Waals surface area (Å²) in [6.45, 7) is 8.52. The van der Waals surface area contributed by atoms with Gasteiger partial charge in [-0.15, -0.1) is 0 Å². The van der Waals surface area contributed by atoms with Gasteiger partial charge in [-0.2, -0.15) is 0 Å². The Kier molecular flexibility index (Phi) is 13.5. The molecule has 44 heavy (non-hydrogen) atoms. The number of amides is 4. The van der Waals surface area contributed by atoms with Crippen LogP contribution in [-0.4, -0.2) is 66.4 Å². The molecule has 0 fully saturated rings. The maximum absolute atomic E-state index is 13.4. The number of likely N-dealkylation sites (N-methyl/N-ethyl adjacent to an activating group) is 1. The summed E-state index contributed by atoms with van der Waals surface area (Å²) < 4.78 is 0. The molecule has 3 atom stereocenters. The number of carbonyl (C=O) groups is 4. The Labute approximate surface area is 259 Å². The van der Waals surface area contributed by atoms with Gasteiger partial charge in [-0.25, -0.2) is 0 Å². The lowest BCUT2D eigenvalue weighted by Crippen LogP contribution is -2.55. The molecule has 1 heterocycles. The lowest BCUT2D eigenvalue weighted by molar-refractivity contribution is -0.130. The predicted octanol–water partition coefficient (Wildman–Crippen LogP) is 2.65. The van der Waals surface area contributed by atoms with Crippen molar-refractivity contribution in [3.63, 3.8) is 0 Å². The standard InChI is InChI=1S/C34H44N6O4/c1-5-35-34(44)30(23(2)3)40-31(41)24(4)38-22-29(20-25-12-7-6-8-13-25)39-33(43)27-15-11-14-26(21-27)32(42)37-19-17-28-16-9-10-18-36-28/h6-16,18,21,23-24,29-30,38H,5,17,19-20,22H2,1-4H3,(H,35,44)(H,37,42)(H,39,43)(H,40,41)/t24-,29-,30-/m0/s1. The molecule has 3 aromatic rings. The molecule has 5 N–H and O–H groups in total. The second-order valence-corrected chi connectivity index (χ2v) is 11.0. The summed E-state index contributed by atoms with van der Waals surface area (Å²) >= 11 is 0. The SMILES string of the molecule is CCNC(=O)[C@@H](NC(=O)[C@H](C)NC[C@H](Cc1ccccc1)NC(=O)c1cccc(C(=O)NCCc2ccccn2)c1)C(C)C. The van der Waals surface area contributed by atoms with Gasteiger partial charge in [0.15, 0.2) is 0 Å². The van der Waals surface area contributed by atoms with Crippen LogP contribution < -0.4 is 26.6 Å². The first-order chi connectivity index (χ1) is 21.2. The molecule has 2 aromatic carbocycles. The van der Waals surface area contributed by atoms with Crippen molar-refractivity contribution in [3.8, 4) is 0 Å². The fraction of sp³-hybridized carbons (Fsp3) is 0.382. The Morgan fingerprint density at radius 2 is 1.48 bits per heavy atom. The molecule has 234 valence electrons. The van der Waals surface area contributed by atoms with Crippen molar-refractivity contribution in [2.45, 2.75) is 58.7 Å². The zero-order valence-corrected chi connectivity index (χ0v) is 25.9. The molecule has 10 heteroatoms. The third-order valence-electron chi connectivity index (χ3n) is 7.10. The maximum atomic E-state index is 13.4. The summed E-state index contributed by atoms with van der Waals surface area (Å²) in [6, 6.07) is 20.4. The van der Waals surface area contributed by atoms with Gasteiger partial charge in [0.1, 0.15) is 6.04 Å². The molecule has 10 nitrogen and oxygen atoms in total. The number of carbonyl (C=O) groups excluding carboxylic acids is 4. The number of hydrogen-bond donors (Lipinski definition) is 5. The van der Waals surface area contributed by atoms with Crippen molar-refractivity contribution >= 4 is 23.6 Å².